The molecule has 2 heterocycles. The zero-order valence-electron chi connectivity index (χ0n) is 10.3. The molecule has 0 amide bonds. The second kappa shape index (κ2) is 5.14. The maximum Gasteiger partial charge on any atom is 0.195 e. The third-order valence-corrected chi connectivity index (χ3v) is 4.47. The fourth-order valence-corrected chi connectivity index (χ4v) is 2.87. The number of thiophene rings is 1. The molecule has 0 aliphatic rings. The van der Waals surface area contributed by atoms with Gasteiger partial charge in [-0.05, 0) is 36.5 Å². The van der Waals surface area contributed by atoms with Crippen LogP contribution in [0.4, 0.5) is 0 Å². The molecule has 0 aliphatic carbocycles. The Bertz CT molecular complexity index is 524. The van der Waals surface area contributed by atoms with Gasteiger partial charge in [-0.25, -0.2) is 0 Å². The molecule has 2 aromatic rings. The normalized spacial score (nSPS) is 14.8. The van der Waals surface area contributed by atoms with E-state index in [2.05, 4.69) is 47.0 Å². The maximum atomic E-state index is 5.34. The number of aromatic amines is 1. The molecular formula is C12H17N3S2. The highest BCUT2D eigenvalue weighted by molar-refractivity contribution is 7.71. The Morgan fingerprint density at radius 3 is 2.88 bits per heavy atom. The topological polar surface area (TPSA) is 33.6 Å². The molecule has 2 aromatic heterocycles. The SMILES string of the molecule is CCC(C)C(C)n1c(-c2cccs2)n[nH]c1=S. The second-order valence-corrected chi connectivity index (χ2v) is 5.66. The number of hydrogen-bond acceptors (Lipinski definition) is 3. The van der Waals surface area contributed by atoms with E-state index < -0.39 is 0 Å². The van der Waals surface area contributed by atoms with E-state index in [1.54, 1.807) is 11.3 Å². The summed E-state index contributed by atoms with van der Waals surface area (Å²) in [5.41, 5.74) is 0. The molecule has 0 spiro atoms. The Balaban J connectivity index is 2.47. The first-order valence-electron chi connectivity index (χ1n) is 5.86. The molecule has 0 aliphatic heterocycles. The molecule has 5 heteroatoms. The van der Waals surface area contributed by atoms with E-state index in [9.17, 15) is 0 Å². The van der Waals surface area contributed by atoms with Crippen LogP contribution in [-0.2, 0) is 0 Å². The lowest BCUT2D eigenvalue weighted by atomic mass is 10.0. The zero-order chi connectivity index (χ0) is 12.4. The van der Waals surface area contributed by atoms with Gasteiger partial charge in [-0.1, -0.05) is 26.3 Å². The van der Waals surface area contributed by atoms with Crippen LogP contribution in [0.3, 0.4) is 0 Å². The monoisotopic (exact) mass is 267 g/mol. The second-order valence-electron chi connectivity index (χ2n) is 4.33. The quantitative estimate of drug-likeness (QED) is 0.839. The van der Waals surface area contributed by atoms with Crippen LogP contribution in [0.5, 0.6) is 0 Å². The first-order chi connectivity index (χ1) is 8.15. The zero-order valence-corrected chi connectivity index (χ0v) is 11.9. The van der Waals surface area contributed by atoms with Crippen LogP contribution in [0.2, 0.25) is 0 Å². The van der Waals surface area contributed by atoms with E-state index in [0.29, 0.717) is 16.7 Å². The van der Waals surface area contributed by atoms with E-state index in [4.69, 9.17) is 12.2 Å². The third-order valence-electron chi connectivity index (χ3n) is 3.32. The Labute approximate surface area is 111 Å². The maximum absolute atomic E-state index is 5.34. The van der Waals surface area contributed by atoms with Gasteiger partial charge >= 0.3 is 0 Å². The van der Waals surface area contributed by atoms with Crippen LogP contribution >= 0.6 is 23.6 Å². The van der Waals surface area contributed by atoms with Gasteiger partial charge in [0.25, 0.3) is 0 Å². The van der Waals surface area contributed by atoms with Gasteiger partial charge in [0.1, 0.15) is 0 Å². The third kappa shape index (κ3) is 2.35. The van der Waals surface area contributed by atoms with E-state index in [0.717, 1.165) is 17.1 Å². The van der Waals surface area contributed by atoms with Crippen LogP contribution in [0.1, 0.15) is 33.2 Å². The fraction of sp³-hybridized carbons (Fsp3) is 0.500. The van der Waals surface area contributed by atoms with Gasteiger partial charge in [0.2, 0.25) is 0 Å². The Kier molecular flexibility index (Phi) is 3.79. The van der Waals surface area contributed by atoms with Crippen LogP contribution in [-0.4, -0.2) is 14.8 Å². The molecule has 0 fully saturated rings. The molecule has 0 bridgehead atoms. The van der Waals surface area contributed by atoms with Gasteiger partial charge in [-0.3, -0.25) is 9.67 Å². The summed E-state index contributed by atoms with van der Waals surface area (Å²) in [4.78, 5) is 1.16. The average Bonchev–Trinajstić information content (AvgIpc) is 2.95. The lowest BCUT2D eigenvalue weighted by molar-refractivity contribution is 0.369. The Hall–Kier alpha value is -0.940. The van der Waals surface area contributed by atoms with Crippen molar-refractivity contribution in [3.63, 3.8) is 0 Å². The van der Waals surface area contributed by atoms with Gasteiger partial charge in [0, 0.05) is 6.04 Å². The lowest BCUT2D eigenvalue weighted by Crippen LogP contribution is -2.14. The molecule has 92 valence electrons. The van der Waals surface area contributed by atoms with Gasteiger partial charge < -0.3 is 0 Å². The van der Waals surface area contributed by atoms with Crippen molar-refractivity contribution in [3.05, 3.63) is 22.3 Å². The van der Waals surface area contributed by atoms with Crippen molar-refractivity contribution in [2.24, 2.45) is 5.92 Å². The van der Waals surface area contributed by atoms with Crippen LogP contribution < -0.4 is 0 Å². The summed E-state index contributed by atoms with van der Waals surface area (Å²) in [5, 5.41) is 9.32. The summed E-state index contributed by atoms with van der Waals surface area (Å²) in [6, 6.07) is 4.48. The summed E-state index contributed by atoms with van der Waals surface area (Å²) >= 11 is 7.03. The van der Waals surface area contributed by atoms with Gasteiger partial charge in [0.05, 0.1) is 4.88 Å². The minimum Gasteiger partial charge on any atom is -0.296 e. The number of nitrogens with zero attached hydrogens (tertiary/aromatic N) is 2. The molecule has 0 saturated carbocycles. The minimum atomic E-state index is 0.364. The Morgan fingerprint density at radius 1 is 1.53 bits per heavy atom. The number of H-pyrrole nitrogens is 1. The van der Waals surface area contributed by atoms with Crippen LogP contribution in [0, 0.1) is 10.7 Å². The molecule has 2 atom stereocenters. The van der Waals surface area contributed by atoms with Crippen molar-refractivity contribution in [1.29, 1.82) is 0 Å². The molecule has 3 nitrogen and oxygen atoms in total. The standard InChI is InChI=1S/C12H17N3S2/c1-4-8(2)9(3)15-11(13-14-12(15)16)10-6-5-7-17-10/h5-9H,4H2,1-3H3,(H,14,16). The molecule has 2 unspecified atom stereocenters. The summed E-state index contributed by atoms with van der Waals surface area (Å²) < 4.78 is 2.84. The van der Waals surface area contributed by atoms with Crippen LogP contribution in [0.15, 0.2) is 17.5 Å². The van der Waals surface area contributed by atoms with Crippen molar-refractivity contribution in [3.8, 4) is 10.7 Å². The van der Waals surface area contributed by atoms with Crippen molar-refractivity contribution >= 4 is 23.6 Å². The smallest absolute Gasteiger partial charge is 0.195 e. The van der Waals surface area contributed by atoms with Crippen LogP contribution in [0.25, 0.3) is 10.7 Å². The number of rotatable bonds is 4. The molecule has 1 N–H and O–H groups in total. The van der Waals surface area contributed by atoms with Gasteiger partial charge in [-0.2, -0.15) is 5.10 Å². The number of nitrogens with one attached hydrogen (secondary N) is 1. The van der Waals surface area contributed by atoms with E-state index >= 15 is 0 Å². The fourth-order valence-electron chi connectivity index (χ4n) is 1.86. The van der Waals surface area contributed by atoms with Crippen molar-refractivity contribution in [1.82, 2.24) is 14.8 Å². The highest BCUT2D eigenvalue weighted by Gasteiger charge is 2.18. The minimum absolute atomic E-state index is 0.364. The van der Waals surface area contributed by atoms with Crippen molar-refractivity contribution in [2.45, 2.75) is 33.2 Å². The summed E-state index contributed by atoms with van der Waals surface area (Å²) in [7, 11) is 0. The molecule has 0 radical (unpaired) electrons. The largest absolute Gasteiger partial charge is 0.296 e. The highest BCUT2D eigenvalue weighted by atomic mass is 32.1. The summed E-state index contributed by atoms with van der Waals surface area (Å²) in [6.07, 6.45) is 1.14. The molecule has 17 heavy (non-hydrogen) atoms. The first kappa shape index (κ1) is 12.5. The molecule has 2 rings (SSSR count). The van der Waals surface area contributed by atoms with E-state index in [1.807, 2.05) is 6.07 Å². The predicted molar refractivity (Wildman–Crippen MR) is 74.9 cm³/mol. The lowest BCUT2D eigenvalue weighted by Gasteiger charge is -2.21. The summed E-state index contributed by atoms with van der Waals surface area (Å²) in [5.74, 6) is 1.54. The van der Waals surface area contributed by atoms with Gasteiger partial charge in [0.15, 0.2) is 10.6 Å². The van der Waals surface area contributed by atoms with Crippen molar-refractivity contribution < 1.29 is 0 Å². The molecule has 0 saturated heterocycles. The number of aromatic nitrogens is 3. The van der Waals surface area contributed by atoms with E-state index in [-0.39, 0.29) is 0 Å². The first-order valence-corrected chi connectivity index (χ1v) is 7.14. The molecular weight excluding hydrogens is 250 g/mol. The average molecular weight is 267 g/mol. The summed E-state index contributed by atoms with van der Waals surface area (Å²) in [6.45, 7) is 6.66. The predicted octanol–water partition coefficient (Wildman–Crippen LogP) is 4.28. The molecule has 0 aromatic carbocycles. The van der Waals surface area contributed by atoms with Gasteiger partial charge in [-0.15, -0.1) is 11.3 Å². The van der Waals surface area contributed by atoms with Crippen molar-refractivity contribution in [2.75, 3.05) is 0 Å². The highest BCUT2D eigenvalue weighted by Crippen LogP contribution is 2.29. The van der Waals surface area contributed by atoms with E-state index in [1.165, 1.54) is 0 Å². The Morgan fingerprint density at radius 2 is 2.29 bits per heavy atom. The number of hydrogen-bond donors (Lipinski definition) is 1.